The van der Waals surface area contributed by atoms with Crippen molar-refractivity contribution in [2.45, 2.75) is 148 Å². The summed E-state index contributed by atoms with van der Waals surface area (Å²) in [5, 5.41) is 0. The summed E-state index contributed by atoms with van der Waals surface area (Å²) in [6.45, 7) is 0. The van der Waals surface area contributed by atoms with Gasteiger partial charge in [-0.15, -0.1) is 0 Å². The van der Waals surface area contributed by atoms with Crippen molar-refractivity contribution >= 4 is 0 Å². The molecule has 53 heavy (non-hydrogen) atoms. The maximum Gasteiger partial charge on any atom is -0.0312 e. The van der Waals surface area contributed by atoms with Crippen molar-refractivity contribution in [2.75, 3.05) is 0 Å². The van der Waals surface area contributed by atoms with Crippen LogP contribution in [0.4, 0.5) is 0 Å². The van der Waals surface area contributed by atoms with Gasteiger partial charge in [-0.1, -0.05) is 64.2 Å². The Labute approximate surface area is 324 Å². The summed E-state index contributed by atoms with van der Waals surface area (Å²) in [4.78, 5) is 0. The molecule has 16 rings (SSSR count). The summed E-state index contributed by atoms with van der Waals surface area (Å²) in [7, 11) is 0. The number of hydrogen-bond acceptors (Lipinski definition) is 0. The van der Waals surface area contributed by atoms with Crippen LogP contribution in [0, 0.1) is 178 Å². The molecule has 0 N–H and O–H groups in total. The molecule has 0 aromatic carbocycles. The summed E-state index contributed by atoms with van der Waals surface area (Å²) >= 11 is 0. The van der Waals surface area contributed by atoms with Gasteiger partial charge in [0.1, 0.15) is 0 Å². The van der Waals surface area contributed by atoms with Crippen LogP contribution in [0.2, 0.25) is 0 Å². The average molecular weight is 713 g/mol. The summed E-state index contributed by atoms with van der Waals surface area (Å²) in [6, 6.07) is 0. The van der Waals surface area contributed by atoms with Crippen LogP contribution in [-0.4, -0.2) is 0 Å². The van der Waals surface area contributed by atoms with Gasteiger partial charge in [-0.2, -0.15) is 0 Å². The highest BCUT2D eigenvalue weighted by atomic mass is 14.8. The van der Waals surface area contributed by atoms with Crippen LogP contribution in [0.3, 0.4) is 0 Å². The first kappa shape index (κ1) is 31.0. The number of rotatable bonds is 0. The molecule has 30 unspecified atom stereocenters. The highest BCUT2D eigenvalue weighted by Gasteiger charge is 2.77. The van der Waals surface area contributed by atoms with Gasteiger partial charge in [-0.25, -0.2) is 0 Å². The molecule has 16 fully saturated rings. The van der Waals surface area contributed by atoms with E-state index in [1.807, 2.05) is 0 Å². The molecule has 0 spiro atoms. The molecule has 0 saturated heterocycles. The second-order valence-electron chi connectivity index (χ2n) is 26.2. The van der Waals surface area contributed by atoms with E-state index in [0.29, 0.717) is 0 Å². The lowest BCUT2D eigenvalue weighted by Gasteiger charge is -2.80. The number of fused-ring (bicyclic) bond motifs is 4. The molecule has 0 bridgehead atoms. The average Bonchev–Trinajstić information content (AvgIpc) is 3.20. The molecule has 16 saturated carbocycles. The Hall–Kier alpha value is 0. The lowest BCUT2D eigenvalue weighted by molar-refractivity contribution is -0.321. The Balaban J connectivity index is 0.881. The molecule has 0 heteroatoms. The van der Waals surface area contributed by atoms with Crippen molar-refractivity contribution in [3.63, 3.8) is 0 Å². The monoisotopic (exact) mass is 713 g/mol. The third kappa shape index (κ3) is 3.60. The molecule has 0 heterocycles. The van der Waals surface area contributed by atoms with E-state index in [1.165, 1.54) is 148 Å². The second-order valence-corrected chi connectivity index (χ2v) is 26.2. The van der Waals surface area contributed by atoms with Crippen molar-refractivity contribution < 1.29 is 0 Å². The molecule has 30 atom stereocenters. The maximum absolute atomic E-state index is 1.79. The van der Waals surface area contributed by atoms with E-state index in [-0.39, 0.29) is 0 Å². The molecule has 0 amide bonds. The van der Waals surface area contributed by atoms with Crippen molar-refractivity contribution in [1.29, 1.82) is 0 Å². The van der Waals surface area contributed by atoms with E-state index in [2.05, 4.69) is 0 Å². The summed E-state index contributed by atoms with van der Waals surface area (Å²) in [5.74, 6) is 35.7. The van der Waals surface area contributed by atoms with E-state index in [0.717, 1.165) is 29.6 Å². The molecule has 0 aromatic rings. The van der Waals surface area contributed by atoms with Crippen LogP contribution in [-0.2, 0) is 0 Å². The fourth-order valence-electron chi connectivity index (χ4n) is 26.8. The molecule has 0 radical (unpaired) electrons. The van der Waals surface area contributed by atoms with Crippen LogP contribution in [0.25, 0.3) is 0 Å². The van der Waals surface area contributed by atoms with Crippen molar-refractivity contribution in [3.8, 4) is 0 Å². The Morgan fingerprint density at radius 3 is 1.06 bits per heavy atom. The van der Waals surface area contributed by atoms with Crippen LogP contribution < -0.4 is 0 Å². The van der Waals surface area contributed by atoms with E-state index in [9.17, 15) is 0 Å². The highest BCUT2D eigenvalue weighted by Crippen LogP contribution is 2.82. The Bertz CT molecular complexity index is 1540. The van der Waals surface area contributed by atoms with Gasteiger partial charge < -0.3 is 0 Å². The van der Waals surface area contributed by atoms with Crippen molar-refractivity contribution in [2.24, 2.45) is 178 Å². The topological polar surface area (TPSA) is 0 Å². The van der Waals surface area contributed by atoms with Gasteiger partial charge in [0.05, 0.1) is 0 Å². The van der Waals surface area contributed by atoms with E-state index < -0.39 is 0 Å². The fraction of sp³-hybridized carbons (Fsp3) is 1.00. The van der Waals surface area contributed by atoms with Crippen LogP contribution >= 0.6 is 0 Å². The Morgan fingerprint density at radius 1 is 0.151 bits per heavy atom. The van der Waals surface area contributed by atoms with E-state index in [4.69, 9.17) is 0 Å². The van der Waals surface area contributed by atoms with Gasteiger partial charge in [0, 0.05) is 0 Å². The van der Waals surface area contributed by atoms with Crippen LogP contribution in [0.15, 0.2) is 0 Å². The second kappa shape index (κ2) is 10.6. The van der Waals surface area contributed by atoms with Gasteiger partial charge in [-0.3, -0.25) is 0 Å². The number of hydrogen-bond donors (Lipinski definition) is 0. The normalized spacial score (nSPS) is 71.5. The zero-order valence-corrected chi connectivity index (χ0v) is 33.6. The van der Waals surface area contributed by atoms with Crippen LogP contribution in [0.1, 0.15) is 148 Å². The van der Waals surface area contributed by atoms with Gasteiger partial charge in [0.25, 0.3) is 0 Å². The van der Waals surface area contributed by atoms with Crippen molar-refractivity contribution in [1.82, 2.24) is 0 Å². The minimum Gasteiger partial charge on any atom is -0.0528 e. The van der Waals surface area contributed by atoms with Gasteiger partial charge >= 0.3 is 0 Å². The van der Waals surface area contributed by atoms with Gasteiger partial charge in [-0.05, 0) is 261 Å². The summed E-state index contributed by atoms with van der Waals surface area (Å²) in [6.07, 6.45) is 38.8. The first-order valence-corrected chi connectivity index (χ1v) is 26.3. The first-order chi connectivity index (χ1) is 26.3. The zero-order valence-electron chi connectivity index (χ0n) is 33.6. The quantitative estimate of drug-likeness (QED) is 0.235. The minimum absolute atomic E-state index is 1.16. The molecule has 16 aliphatic rings. The standard InChI is InChI=1S/C53H76/c1-5-25-13-14-26-15-16-35-38-23-32-22-37-34-12-4-7-24-6-3-11-33(43(24)34)36-20-30-17-27-8-2-9-28-18-31-21-40(39-19-29(10-1)41(25)44(26)48(35)39)50(38)53-46(31)51(42(27)28)45(30)52(47(32)53)49(36)37/h24-53H,1-23H2. The third-order valence-electron chi connectivity index (χ3n) is 26.3. The van der Waals surface area contributed by atoms with Crippen molar-refractivity contribution in [3.05, 3.63) is 0 Å². The Kier molecular flexibility index (Phi) is 6.19. The van der Waals surface area contributed by atoms with Crippen LogP contribution in [0.5, 0.6) is 0 Å². The lowest BCUT2D eigenvalue weighted by Crippen LogP contribution is -2.75. The van der Waals surface area contributed by atoms with Gasteiger partial charge in [0.15, 0.2) is 0 Å². The molecule has 16 aliphatic carbocycles. The molecule has 0 nitrogen and oxygen atoms in total. The predicted molar refractivity (Wildman–Crippen MR) is 211 cm³/mol. The first-order valence-electron chi connectivity index (χ1n) is 26.3. The predicted octanol–water partition coefficient (Wildman–Crippen LogP) is 12.7. The summed E-state index contributed by atoms with van der Waals surface area (Å²) < 4.78 is 0. The smallest absolute Gasteiger partial charge is 0.0312 e. The Morgan fingerprint density at radius 2 is 0.472 bits per heavy atom. The molecule has 288 valence electrons. The maximum atomic E-state index is 1.79. The third-order valence-corrected chi connectivity index (χ3v) is 26.3. The fourth-order valence-corrected chi connectivity index (χ4v) is 26.8. The zero-order chi connectivity index (χ0) is 33.6. The summed E-state index contributed by atoms with van der Waals surface area (Å²) in [5.41, 5.74) is 0. The molecular weight excluding hydrogens is 637 g/mol. The van der Waals surface area contributed by atoms with E-state index in [1.54, 1.807) is 148 Å². The minimum atomic E-state index is 1.16. The molecular formula is C53H76. The van der Waals surface area contributed by atoms with Gasteiger partial charge in [0.2, 0.25) is 0 Å². The SMILES string of the molecule is C1CC2CCC3CCC4C5CC6CC7C8CCCC9CCCC(C%10CC%11CC%12CCCC%13CC%14CC(C%15CC(C1)C2C3C%154)C5C1C%14C(C%12%13)C%11C(C%107)C61)C98. The van der Waals surface area contributed by atoms with E-state index >= 15 is 0 Å². The largest absolute Gasteiger partial charge is 0.0528 e. The highest BCUT2D eigenvalue weighted by molar-refractivity contribution is 5.24. The molecule has 0 aromatic heterocycles. The molecule has 0 aliphatic heterocycles. The lowest BCUT2D eigenvalue weighted by atomic mass is 9.25.